The standard InChI is InChI=1S/C21H23N3O4/c1-15(9-10-16-7-5-4-6-8-16)23-24-20(25)14-22-21(26)17-11-12-18(27-2)19(13-17)28-3/h4-13H,14H2,1-3H3,(H,22,26)(H,24,25)/b10-9+,23-15-. The minimum atomic E-state index is -0.429. The highest BCUT2D eigenvalue weighted by Crippen LogP contribution is 2.27. The average molecular weight is 381 g/mol. The van der Waals surface area contributed by atoms with Crippen LogP contribution in [-0.2, 0) is 4.79 Å². The monoisotopic (exact) mass is 381 g/mol. The average Bonchev–Trinajstić information content (AvgIpc) is 2.74. The molecule has 2 aromatic carbocycles. The summed E-state index contributed by atoms with van der Waals surface area (Å²) in [6.07, 6.45) is 3.68. The second-order valence-electron chi connectivity index (χ2n) is 5.78. The van der Waals surface area contributed by atoms with Crippen LogP contribution >= 0.6 is 0 Å². The molecule has 0 fully saturated rings. The van der Waals surface area contributed by atoms with Crippen LogP contribution in [-0.4, -0.2) is 38.3 Å². The number of benzene rings is 2. The molecule has 0 radical (unpaired) electrons. The molecule has 0 heterocycles. The maximum atomic E-state index is 12.2. The summed E-state index contributed by atoms with van der Waals surface area (Å²) in [6, 6.07) is 14.5. The van der Waals surface area contributed by atoms with E-state index in [-0.39, 0.29) is 6.54 Å². The van der Waals surface area contributed by atoms with Gasteiger partial charge in [-0.2, -0.15) is 5.10 Å². The summed E-state index contributed by atoms with van der Waals surface area (Å²) in [5.41, 5.74) is 4.42. The van der Waals surface area contributed by atoms with Crippen LogP contribution in [0.1, 0.15) is 22.8 Å². The van der Waals surface area contributed by atoms with E-state index in [0.717, 1.165) is 5.56 Å². The van der Waals surface area contributed by atoms with Crippen molar-refractivity contribution in [1.29, 1.82) is 0 Å². The molecule has 146 valence electrons. The molecule has 28 heavy (non-hydrogen) atoms. The van der Waals surface area contributed by atoms with Gasteiger partial charge in [0.1, 0.15) is 0 Å². The van der Waals surface area contributed by atoms with Crippen molar-refractivity contribution in [3.05, 3.63) is 65.7 Å². The molecule has 0 aliphatic carbocycles. The van der Waals surface area contributed by atoms with Gasteiger partial charge in [0.15, 0.2) is 11.5 Å². The predicted octanol–water partition coefficient (Wildman–Crippen LogP) is 2.64. The zero-order chi connectivity index (χ0) is 20.4. The maximum absolute atomic E-state index is 12.2. The van der Waals surface area contributed by atoms with Crippen LogP contribution in [0.4, 0.5) is 0 Å². The van der Waals surface area contributed by atoms with E-state index in [9.17, 15) is 9.59 Å². The lowest BCUT2D eigenvalue weighted by Crippen LogP contribution is -2.35. The van der Waals surface area contributed by atoms with Gasteiger partial charge in [0, 0.05) is 5.56 Å². The van der Waals surface area contributed by atoms with Crippen LogP contribution in [0.2, 0.25) is 0 Å². The Morgan fingerprint density at radius 1 is 1.04 bits per heavy atom. The Labute approximate surface area is 164 Å². The van der Waals surface area contributed by atoms with Crippen molar-refractivity contribution in [3.8, 4) is 11.5 Å². The predicted molar refractivity (Wildman–Crippen MR) is 109 cm³/mol. The van der Waals surface area contributed by atoms with Gasteiger partial charge in [0.25, 0.3) is 11.8 Å². The zero-order valence-corrected chi connectivity index (χ0v) is 16.1. The topological polar surface area (TPSA) is 89.0 Å². The fourth-order valence-electron chi connectivity index (χ4n) is 2.25. The van der Waals surface area contributed by atoms with E-state index in [0.29, 0.717) is 22.8 Å². The molecular weight excluding hydrogens is 358 g/mol. The molecule has 0 saturated carbocycles. The minimum Gasteiger partial charge on any atom is -0.493 e. The Bertz CT molecular complexity index is 876. The van der Waals surface area contributed by atoms with Crippen molar-refractivity contribution < 1.29 is 19.1 Å². The summed E-state index contributed by atoms with van der Waals surface area (Å²) in [7, 11) is 3.00. The lowest BCUT2D eigenvalue weighted by atomic mass is 10.2. The van der Waals surface area contributed by atoms with Crippen LogP contribution < -0.4 is 20.2 Å². The summed E-state index contributed by atoms with van der Waals surface area (Å²) in [5.74, 6) is 0.122. The van der Waals surface area contributed by atoms with Gasteiger partial charge in [-0.3, -0.25) is 9.59 Å². The summed E-state index contributed by atoms with van der Waals surface area (Å²) >= 11 is 0. The first-order valence-electron chi connectivity index (χ1n) is 8.60. The van der Waals surface area contributed by atoms with Crippen LogP contribution in [0.5, 0.6) is 11.5 Å². The van der Waals surface area contributed by atoms with Crippen molar-refractivity contribution in [2.75, 3.05) is 20.8 Å². The third kappa shape index (κ3) is 6.28. The molecule has 2 N–H and O–H groups in total. The summed E-state index contributed by atoms with van der Waals surface area (Å²) in [4.78, 5) is 24.1. The van der Waals surface area contributed by atoms with Gasteiger partial charge in [-0.1, -0.05) is 36.4 Å². The summed E-state index contributed by atoms with van der Waals surface area (Å²) in [5, 5.41) is 6.52. The quantitative estimate of drug-likeness (QED) is 0.543. The number of ether oxygens (including phenoxy) is 2. The largest absolute Gasteiger partial charge is 0.493 e. The maximum Gasteiger partial charge on any atom is 0.259 e. The number of carbonyl (C=O) groups is 2. The number of hydrogen-bond acceptors (Lipinski definition) is 5. The molecule has 2 amide bonds. The molecule has 2 rings (SSSR count). The fourth-order valence-corrected chi connectivity index (χ4v) is 2.25. The Morgan fingerprint density at radius 3 is 2.43 bits per heavy atom. The van der Waals surface area contributed by atoms with Gasteiger partial charge < -0.3 is 14.8 Å². The highest BCUT2D eigenvalue weighted by atomic mass is 16.5. The molecule has 0 unspecified atom stereocenters. The number of nitrogens with zero attached hydrogens (tertiary/aromatic N) is 1. The smallest absolute Gasteiger partial charge is 0.259 e. The number of methoxy groups -OCH3 is 2. The van der Waals surface area contributed by atoms with Gasteiger partial charge in [-0.15, -0.1) is 0 Å². The Hall–Kier alpha value is -3.61. The first-order valence-corrected chi connectivity index (χ1v) is 8.60. The van der Waals surface area contributed by atoms with Gasteiger partial charge in [-0.25, -0.2) is 5.43 Å². The Kier molecular flexibility index (Phi) is 7.77. The summed E-state index contributed by atoms with van der Waals surface area (Å²) < 4.78 is 10.3. The molecule has 0 aliphatic heterocycles. The zero-order valence-electron chi connectivity index (χ0n) is 16.1. The SMILES string of the molecule is COc1ccc(C(=O)NCC(=O)N/N=C(C)\C=C\c2ccccc2)cc1OC. The van der Waals surface area contributed by atoms with Crippen molar-refractivity contribution in [2.45, 2.75) is 6.92 Å². The highest BCUT2D eigenvalue weighted by Gasteiger charge is 2.11. The molecule has 0 aromatic heterocycles. The van der Waals surface area contributed by atoms with E-state index in [1.165, 1.54) is 14.2 Å². The molecule has 0 bridgehead atoms. The van der Waals surface area contributed by atoms with E-state index in [1.54, 1.807) is 31.2 Å². The second-order valence-corrected chi connectivity index (χ2v) is 5.78. The Morgan fingerprint density at radius 2 is 1.75 bits per heavy atom. The van der Waals surface area contributed by atoms with Crippen LogP contribution in [0.25, 0.3) is 6.08 Å². The van der Waals surface area contributed by atoms with E-state index in [2.05, 4.69) is 15.8 Å². The molecule has 0 saturated heterocycles. The van der Waals surface area contributed by atoms with Gasteiger partial charge in [-0.05, 0) is 36.8 Å². The number of amides is 2. The van der Waals surface area contributed by atoms with E-state index >= 15 is 0 Å². The molecule has 0 atom stereocenters. The molecule has 0 aliphatic rings. The van der Waals surface area contributed by atoms with E-state index < -0.39 is 11.8 Å². The molecule has 0 spiro atoms. The summed E-state index contributed by atoms with van der Waals surface area (Å²) in [6.45, 7) is 1.56. The normalized spacial score (nSPS) is 11.2. The second kappa shape index (κ2) is 10.5. The number of rotatable bonds is 8. The Balaban J connectivity index is 1.84. The number of carbonyl (C=O) groups excluding carboxylic acids is 2. The lowest BCUT2D eigenvalue weighted by Gasteiger charge is -2.09. The number of allylic oxidation sites excluding steroid dienone is 1. The van der Waals surface area contributed by atoms with Gasteiger partial charge in [0.2, 0.25) is 0 Å². The highest BCUT2D eigenvalue weighted by molar-refractivity contribution is 5.98. The fraction of sp³-hybridized carbons (Fsp3) is 0.190. The van der Waals surface area contributed by atoms with Crippen LogP contribution in [0.3, 0.4) is 0 Å². The molecule has 7 heteroatoms. The number of hydrazone groups is 1. The van der Waals surface area contributed by atoms with Gasteiger partial charge in [0.05, 0.1) is 26.5 Å². The van der Waals surface area contributed by atoms with Crippen molar-refractivity contribution >= 4 is 23.6 Å². The first-order chi connectivity index (χ1) is 13.5. The minimum absolute atomic E-state index is 0.202. The van der Waals surface area contributed by atoms with Crippen LogP contribution in [0.15, 0.2) is 59.7 Å². The number of hydrogen-bond donors (Lipinski definition) is 2. The first kappa shape index (κ1) is 20.7. The third-order valence-corrected chi connectivity index (χ3v) is 3.73. The number of nitrogens with one attached hydrogen (secondary N) is 2. The third-order valence-electron chi connectivity index (χ3n) is 3.73. The van der Waals surface area contributed by atoms with E-state index in [4.69, 9.17) is 9.47 Å². The van der Waals surface area contributed by atoms with Crippen molar-refractivity contribution in [1.82, 2.24) is 10.7 Å². The van der Waals surface area contributed by atoms with Crippen molar-refractivity contribution in [3.63, 3.8) is 0 Å². The molecular formula is C21H23N3O4. The van der Waals surface area contributed by atoms with Crippen molar-refractivity contribution in [2.24, 2.45) is 5.10 Å². The molecule has 2 aromatic rings. The van der Waals surface area contributed by atoms with Crippen LogP contribution in [0, 0.1) is 0 Å². The van der Waals surface area contributed by atoms with Gasteiger partial charge >= 0.3 is 0 Å². The molecule has 7 nitrogen and oxygen atoms in total. The van der Waals surface area contributed by atoms with E-state index in [1.807, 2.05) is 36.4 Å². The lowest BCUT2D eigenvalue weighted by molar-refractivity contribution is -0.120.